The molecule has 3 aromatic rings. The number of carbonyl (C=O) groups is 1. The summed E-state index contributed by atoms with van der Waals surface area (Å²) in [7, 11) is 0. The number of hydrogen-bond donors (Lipinski definition) is 1. The largest absolute Gasteiger partial charge is 0.492 e. The molecule has 0 radical (unpaired) electrons. The van der Waals surface area contributed by atoms with Crippen molar-refractivity contribution >= 4 is 23.4 Å². The summed E-state index contributed by atoms with van der Waals surface area (Å²) in [5.41, 5.74) is 2.91. The number of aromatic nitrogens is 3. The molecule has 1 heterocycles. The second kappa shape index (κ2) is 9.41. The molecule has 0 fully saturated rings. The van der Waals surface area contributed by atoms with Gasteiger partial charge in [-0.3, -0.25) is 9.36 Å². The lowest BCUT2D eigenvalue weighted by atomic mass is 10.0. The van der Waals surface area contributed by atoms with Gasteiger partial charge in [0, 0.05) is 5.69 Å². The average Bonchev–Trinajstić information content (AvgIpc) is 3.17. The zero-order valence-corrected chi connectivity index (χ0v) is 17.1. The van der Waals surface area contributed by atoms with Crippen molar-refractivity contribution < 1.29 is 9.53 Å². The lowest BCUT2D eigenvalue weighted by Crippen LogP contribution is -2.15. The first kappa shape index (κ1) is 19.9. The van der Waals surface area contributed by atoms with Gasteiger partial charge in [0.2, 0.25) is 5.91 Å². The molecule has 0 unspecified atom stereocenters. The number of hydrogen-bond acceptors (Lipinski definition) is 5. The Morgan fingerprint density at radius 3 is 2.64 bits per heavy atom. The van der Waals surface area contributed by atoms with Crippen LogP contribution >= 0.6 is 11.8 Å². The van der Waals surface area contributed by atoms with Crippen molar-refractivity contribution in [2.75, 3.05) is 17.7 Å². The minimum Gasteiger partial charge on any atom is -0.492 e. The molecule has 2 aromatic carbocycles. The first-order valence-electron chi connectivity index (χ1n) is 9.23. The molecule has 146 valence electrons. The van der Waals surface area contributed by atoms with E-state index in [1.54, 1.807) is 6.33 Å². The molecule has 1 N–H and O–H groups in total. The van der Waals surface area contributed by atoms with E-state index in [-0.39, 0.29) is 11.7 Å². The fourth-order valence-corrected chi connectivity index (χ4v) is 3.42. The van der Waals surface area contributed by atoms with Gasteiger partial charge in [-0.25, -0.2) is 0 Å². The van der Waals surface area contributed by atoms with E-state index in [9.17, 15) is 4.79 Å². The van der Waals surface area contributed by atoms with Crippen LogP contribution in [0.5, 0.6) is 5.75 Å². The topological polar surface area (TPSA) is 69.0 Å². The van der Waals surface area contributed by atoms with Crippen LogP contribution < -0.4 is 10.1 Å². The van der Waals surface area contributed by atoms with Crippen molar-refractivity contribution in [3.8, 4) is 11.4 Å². The summed E-state index contributed by atoms with van der Waals surface area (Å²) >= 11 is 1.34. The maximum absolute atomic E-state index is 12.4. The molecule has 1 amide bonds. The van der Waals surface area contributed by atoms with Crippen LogP contribution in [-0.4, -0.2) is 33.0 Å². The number of ether oxygens (including phenoxy) is 1. The Bertz CT molecular complexity index is 922. The lowest BCUT2D eigenvalue weighted by Gasteiger charge is -2.11. The highest BCUT2D eigenvalue weighted by Crippen LogP contribution is 2.25. The third-order valence-corrected chi connectivity index (χ3v) is 5.09. The van der Waals surface area contributed by atoms with Crippen LogP contribution in [0.25, 0.3) is 5.69 Å². The summed E-state index contributed by atoms with van der Waals surface area (Å²) in [6.07, 6.45) is 1.66. The molecule has 3 rings (SSSR count). The summed E-state index contributed by atoms with van der Waals surface area (Å²) in [5.74, 6) is 1.24. The first-order valence-corrected chi connectivity index (χ1v) is 10.2. The van der Waals surface area contributed by atoms with E-state index in [2.05, 4.69) is 41.5 Å². The Morgan fingerprint density at radius 1 is 1.18 bits per heavy atom. The third-order valence-electron chi connectivity index (χ3n) is 4.15. The van der Waals surface area contributed by atoms with E-state index < -0.39 is 0 Å². The predicted octanol–water partition coefficient (Wildman–Crippen LogP) is 4.52. The fraction of sp³-hybridized carbons (Fsp3) is 0.286. The number of benzene rings is 2. The number of amides is 1. The van der Waals surface area contributed by atoms with Crippen LogP contribution in [-0.2, 0) is 4.79 Å². The SMILES string of the molecule is CCOc1ccccc1NC(=O)CSc1nncn1-c1ccc(C(C)C)cc1. The Morgan fingerprint density at radius 2 is 1.93 bits per heavy atom. The van der Waals surface area contributed by atoms with Gasteiger partial charge in [0.1, 0.15) is 12.1 Å². The van der Waals surface area contributed by atoms with Crippen LogP contribution in [0, 0.1) is 0 Å². The van der Waals surface area contributed by atoms with Gasteiger partial charge in [-0.15, -0.1) is 10.2 Å². The number of para-hydroxylation sites is 2. The number of anilines is 1. The van der Waals surface area contributed by atoms with Crippen LogP contribution in [0.3, 0.4) is 0 Å². The number of rotatable bonds is 8. The zero-order chi connectivity index (χ0) is 19.9. The van der Waals surface area contributed by atoms with Gasteiger partial charge >= 0.3 is 0 Å². The van der Waals surface area contributed by atoms with E-state index in [1.165, 1.54) is 17.3 Å². The Balaban J connectivity index is 1.64. The first-order chi connectivity index (χ1) is 13.6. The van der Waals surface area contributed by atoms with Gasteiger partial charge in [-0.05, 0) is 42.7 Å². The highest BCUT2D eigenvalue weighted by atomic mass is 32.2. The molecule has 0 saturated heterocycles. The molecule has 0 aliphatic rings. The number of nitrogens with zero attached hydrogens (tertiary/aromatic N) is 3. The number of nitrogens with one attached hydrogen (secondary N) is 1. The lowest BCUT2D eigenvalue weighted by molar-refractivity contribution is -0.113. The zero-order valence-electron chi connectivity index (χ0n) is 16.3. The molecule has 1 aromatic heterocycles. The molecule has 28 heavy (non-hydrogen) atoms. The minimum absolute atomic E-state index is 0.123. The monoisotopic (exact) mass is 396 g/mol. The second-order valence-corrected chi connectivity index (χ2v) is 7.44. The van der Waals surface area contributed by atoms with Gasteiger partial charge in [0.05, 0.1) is 18.0 Å². The molecule has 0 aliphatic heterocycles. The standard InChI is InChI=1S/C21H24N4O2S/c1-4-27-19-8-6-5-7-18(19)23-20(26)13-28-21-24-22-14-25(21)17-11-9-16(10-12-17)15(2)3/h5-12,14-15H,4,13H2,1-3H3,(H,23,26). The van der Waals surface area contributed by atoms with Gasteiger partial charge in [-0.1, -0.05) is 49.9 Å². The van der Waals surface area contributed by atoms with Crippen molar-refractivity contribution in [3.63, 3.8) is 0 Å². The summed E-state index contributed by atoms with van der Waals surface area (Å²) in [6.45, 7) is 6.78. The summed E-state index contributed by atoms with van der Waals surface area (Å²) < 4.78 is 7.43. The minimum atomic E-state index is -0.123. The Kier molecular flexibility index (Phi) is 6.71. The molecule has 7 heteroatoms. The van der Waals surface area contributed by atoms with Crippen molar-refractivity contribution in [2.24, 2.45) is 0 Å². The molecule has 0 spiro atoms. The second-order valence-electron chi connectivity index (χ2n) is 6.50. The van der Waals surface area contributed by atoms with E-state index in [0.29, 0.717) is 29.1 Å². The van der Waals surface area contributed by atoms with Gasteiger partial charge in [-0.2, -0.15) is 0 Å². The quantitative estimate of drug-likeness (QED) is 0.567. The highest BCUT2D eigenvalue weighted by molar-refractivity contribution is 7.99. The van der Waals surface area contributed by atoms with Crippen LogP contribution in [0.1, 0.15) is 32.3 Å². The van der Waals surface area contributed by atoms with Gasteiger partial charge in [0.25, 0.3) is 0 Å². The van der Waals surface area contributed by atoms with Crippen LogP contribution in [0.4, 0.5) is 5.69 Å². The van der Waals surface area contributed by atoms with Crippen molar-refractivity contribution in [3.05, 3.63) is 60.4 Å². The highest BCUT2D eigenvalue weighted by Gasteiger charge is 2.12. The van der Waals surface area contributed by atoms with Crippen molar-refractivity contribution in [1.29, 1.82) is 0 Å². The van der Waals surface area contributed by atoms with Crippen molar-refractivity contribution in [2.45, 2.75) is 31.8 Å². The Labute approximate surface area is 169 Å². The molecule has 0 saturated carbocycles. The van der Waals surface area contributed by atoms with E-state index >= 15 is 0 Å². The maximum atomic E-state index is 12.4. The molecule has 0 atom stereocenters. The molecule has 0 bridgehead atoms. The molecular weight excluding hydrogens is 372 g/mol. The Hall–Kier alpha value is -2.80. The summed E-state index contributed by atoms with van der Waals surface area (Å²) in [4.78, 5) is 12.4. The molecule has 0 aliphatic carbocycles. The predicted molar refractivity (Wildman–Crippen MR) is 112 cm³/mol. The third kappa shape index (κ3) is 4.92. The number of carbonyl (C=O) groups excluding carboxylic acids is 1. The smallest absolute Gasteiger partial charge is 0.234 e. The molecule has 6 nitrogen and oxygen atoms in total. The summed E-state index contributed by atoms with van der Waals surface area (Å²) in [5, 5.41) is 11.7. The van der Waals surface area contributed by atoms with Crippen LogP contribution in [0.2, 0.25) is 0 Å². The number of thioether (sulfide) groups is 1. The fourth-order valence-electron chi connectivity index (χ4n) is 2.69. The van der Waals surface area contributed by atoms with E-state index in [0.717, 1.165) is 5.69 Å². The normalized spacial score (nSPS) is 10.9. The maximum Gasteiger partial charge on any atom is 0.234 e. The average molecular weight is 397 g/mol. The van der Waals surface area contributed by atoms with E-state index in [1.807, 2.05) is 47.9 Å². The van der Waals surface area contributed by atoms with E-state index in [4.69, 9.17) is 4.74 Å². The van der Waals surface area contributed by atoms with Gasteiger partial charge in [0.15, 0.2) is 5.16 Å². The van der Waals surface area contributed by atoms with Gasteiger partial charge < -0.3 is 10.1 Å². The van der Waals surface area contributed by atoms with Crippen LogP contribution in [0.15, 0.2) is 60.0 Å². The summed E-state index contributed by atoms with van der Waals surface area (Å²) in [6, 6.07) is 15.7. The molecular formula is C21H24N4O2S. The van der Waals surface area contributed by atoms with Crippen molar-refractivity contribution in [1.82, 2.24) is 14.8 Å².